The topological polar surface area (TPSA) is 104 Å². The molecule has 3 aliphatic rings. The van der Waals surface area contributed by atoms with Crippen LogP contribution in [0.1, 0.15) is 19.8 Å². The fourth-order valence-corrected chi connectivity index (χ4v) is 5.48. The minimum Gasteiger partial charge on any atom is -0.396 e. The van der Waals surface area contributed by atoms with Crippen molar-refractivity contribution in [3.63, 3.8) is 0 Å². The number of fused-ring (bicyclic) bond motifs is 6. The third-order valence-corrected chi connectivity index (χ3v) is 6.74. The number of ether oxygens (including phenoxy) is 1. The summed E-state index contributed by atoms with van der Waals surface area (Å²) < 4.78 is 6.09. The van der Waals surface area contributed by atoms with Gasteiger partial charge < -0.3 is 14.9 Å². The van der Waals surface area contributed by atoms with Crippen LogP contribution >= 0.6 is 0 Å². The van der Waals surface area contributed by atoms with Gasteiger partial charge in [-0.15, -0.1) is 0 Å². The summed E-state index contributed by atoms with van der Waals surface area (Å²) in [5.41, 5.74) is -1.09. The smallest absolute Gasteiger partial charge is 0.240 e. The van der Waals surface area contributed by atoms with Crippen molar-refractivity contribution < 1.29 is 24.5 Å². The summed E-state index contributed by atoms with van der Waals surface area (Å²) in [6.45, 7) is 8.79. The van der Waals surface area contributed by atoms with E-state index >= 15 is 0 Å². The summed E-state index contributed by atoms with van der Waals surface area (Å²) in [5, 5.41) is 20.7. The van der Waals surface area contributed by atoms with Gasteiger partial charge >= 0.3 is 0 Å². The summed E-state index contributed by atoms with van der Waals surface area (Å²) in [4.78, 5) is 35.8. The molecule has 3 saturated heterocycles. The zero-order valence-electron chi connectivity index (χ0n) is 15.7. The predicted octanol–water partition coefficient (Wildman–Crippen LogP) is 1.57. The molecule has 2 N–H and O–H groups in total. The van der Waals surface area contributed by atoms with Gasteiger partial charge in [0, 0.05) is 31.0 Å². The number of carbonyl (C=O) groups is 2. The molecular formula is C21H19N3O5. The summed E-state index contributed by atoms with van der Waals surface area (Å²) >= 11 is 0. The van der Waals surface area contributed by atoms with E-state index in [1.807, 2.05) is 0 Å². The Morgan fingerprint density at radius 3 is 2.79 bits per heavy atom. The van der Waals surface area contributed by atoms with Crippen LogP contribution in [-0.2, 0) is 14.3 Å². The lowest BCUT2D eigenvalue weighted by Crippen LogP contribution is -2.49. The second-order valence-corrected chi connectivity index (χ2v) is 8.13. The van der Waals surface area contributed by atoms with Crippen LogP contribution in [0.4, 0.5) is 11.4 Å². The molecule has 5 rings (SSSR count). The molecule has 8 heteroatoms. The number of aromatic nitrogens is 1. The molecule has 3 fully saturated rings. The van der Waals surface area contributed by atoms with Crippen molar-refractivity contribution in [3.8, 4) is 0 Å². The second kappa shape index (κ2) is 5.83. The molecule has 5 atom stereocenters. The van der Waals surface area contributed by atoms with Gasteiger partial charge in [-0.1, -0.05) is 12.1 Å². The SMILES string of the molecule is [C-]#[N+]c1ccc(N2C(=O)[C@@H]3[C@H](C2=O)C2(C)OC3(CCO)C[C@H]2O)c2cccnc12. The minimum absolute atomic E-state index is 0.173. The summed E-state index contributed by atoms with van der Waals surface area (Å²) in [5.74, 6) is -2.41. The molecule has 0 spiro atoms. The van der Waals surface area contributed by atoms with Crippen LogP contribution in [0, 0.1) is 18.4 Å². The average molecular weight is 393 g/mol. The molecule has 148 valence electrons. The van der Waals surface area contributed by atoms with Crippen LogP contribution in [0.3, 0.4) is 0 Å². The normalized spacial score (nSPS) is 35.4. The highest BCUT2D eigenvalue weighted by Crippen LogP contribution is 2.62. The number of aliphatic hydroxyl groups is 2. The van der Waals surface area contributed by atoms with Gasteiger partial charge in [0.25, 0.3) is 0 Å². The lowest BCUT2D eigenvalue weighted by Gasteiger charge is -2.33. The quantitative estimate of drug-likeness (QED) is 0.606. The number of hydrogen-bond acceptors (Lipinski definition) is 6. The minimum atomic E-state index is -1.17. The highest BCUT2D eigenvalue weighted by atomic mass is 16.6. The number of hydrogen-bond donors (Lipinski definition) is 2. The van der Waals surface area contributed by atoms with Crippen molar-refractivity contribution in [1.29, 1.82) is 0 Å². The van der Waals surface area contributed by atoms with Crippen molar-refractivity contribution in [2.75, 3.05) is 11.5 Å². The van der Waals surface area contributed by atoms with Crippen LogP contribution in [-0.4, -0.2) is 50.9 Å². The third-order valence-electron chi connectivity index (χ3n) is 6.74. The number of pyridine rings is 1. The van der Waals surface area contributed by atoms with E-state index in [-0.39, 0.29) is 19.4 Å². The van der Waals surface area contributed by atoms with Gasteiger partial charge in [-0.3, -0.25) is 14.6 Å². The number of anilines is 1. The number of carbonyl (C=O) groups excluding carboxylic acids is 2. The molecule has 0 radical (unpaired) electrons. The molecule has 1 aromatic carbocycles. The Kier molecular flexibility index (Phi) is 3.65. The molecule has 2 aromatic rings. The zero-order chi connectivity index (χ0) is 20.6. The molecule has 2 amide bonds. The Bertz CT molecular complexity index is 1110. The van der Waals surface area contributed by atoms with E-state index in [1.165, 1.54) is 0 Å². The van der Waals surface area contributed by atoms with Crippen molar-refractivity contribution >= 4 is 34.1 Å². The summed E-state index contributed by atoms with van der Waals surface area (Å²) in [7, 11) is 0. The highest BCUT2D eigenvalue weighted by Gasteiger charge is 2.76. The van der Waals surface area contributed by atoms with Crippen molar-refractivity contribution in [3.05, 3.63) is 41.9 Å². The lowest BCUT2D eigenvalue weighted by molar-refractivity contribution is -0.134. The van der Waals surface area contributed by atoms with Crippen molar-refractivity contribution in [1.82, 2.24) is 4.98 Å². The van der Waals surface area contributed by atoms with E-state index in [2.05, 4.69) is 9.83 Å². The fourth-order valence-electron chi connectivity index (χ4n) is 5.48. The first-order chi connectivity index (χ1) is 13.9. The first kappa shape index (κ1) is 18.2. The first-order valence-corrected chi connectivity index (χ1v) is 9.50. The van der Waals surface area contributed by atoms with Gasteiger partial charge in [0.1, 0.15) is 5.60 Å². The van der Waals surface area contributed by atoms with E-state index in [0.717, 1.165) is 4.90 Å². The monoisotopic (exact) mass is 393 g/mol. The number of aliphatic hydroxyl groups excluding tert-OH is 2. The van der Waals surface area contributed by atoms with Crippen LogP contribution in [0.25, 0.3) is 15.7 Å². The third kappa shape index (κ3) is 2.10. The predicted molar refractivity (Wildman–Crippen MR) is 102 cm³/mol. The second-order valence-electron chi connectivity index (χ2n) is 8.13. The largest absolute Gasteiger partial charge is 0.396 e. The first-order valence-electron chi connectivity index (χ1n) is 9.50. The Balaban J connectivity index is 1.68. The van der Waals surface area contributed by atoms with E-state index in [1.54, 1.807) is 37.4 Å². The van der Waals surface area contributed by atoms with E-state index in [0.29, 0.717) is 22.3 Å². The van der Waals surface area contributed by atoms with Crippen LogP contribution < -0.4 is 4.90 Å². The van der Waals surface area contributed by atoms with Gasteiger partial charge in [-0.2, -0.15) is 0 Å². The van der Waals surface area contributed by atoms with Crippen molar-refractivity contribution in [2.24, 2.45) is 11.8 Å². The molecule has 2 bridgehead atoms. The van der Waals surface area contributed by atoms with E-state index < -0.39 is 41.0 Å². The van der Waals surface area contributed by atoms with E-state index in [4.69, 9.17) is 11.3 Å². The Morgan fingerprint density at radius 2 is 2.07 bits per heavy atom. The van der Waals surface area contributed by atoms with Gasteiger partial charge in [0.05, 0.1) is 41.3 Å². The maximum atomic E-state index is 13.5. The van der Waals surface area contributed by atoms with Crippen molar-refractivity contribution in [2.45, 2.75) is 37.1 Å². The molecule has 0 saturated carbocycles. The zero-order valence-corrected chi connectivity index (χ0v) is 15.7. The Labute approximate surface area is 166 Å². The van der Waals surface area contributed by atoms with Gasteiger partial charge in [-0.25, -0.2) is 9.74 Å². The van der Waals surface area contributed by atoms with Gasteiger partial charge in [0.2, 0.25) is 17.5 Å². The number of imide groups is 1. The van der Waals surface area contributed by atoms with Gasteiger partial charge in [-0.05, 0) is 19.1 Å². The van der Waals surface area contributed by atoms with Crippen LogP contribution in [0.15, 0.2) is 30.5 Å². The fraction of sp³-hybridized carbons (Fsp3) is 0.429. The molecule has 0 aliphatic carbocycles. The Morgan fingerprint density at radius 1 is 1.31 bits per heavy atom. The molecule has 1 aromatic heterocycles. The molecule has 8 nitrogen and oxygen atoms in total. The number of benzene rings is 1. The number of amides is 2. The number of rotatable bonds is 3. The molecule has 2 unspecified atom stereocenters. The average Bonchev–Trinajstić information content (AvgIpc) is 3.23. The van der Waals surface area contributed by atoms with Crippen LogP contribution in [0.2, 0.25) is 0 Å². The Hall–Kier alpha value is -2.86. The van der Waals surface area contributed by atoms with Crippen LogP contribution in [0.5, 0.6) is 0 Å². The standard InChI is InChI=1S/C21H19N3O5/c1-20-14(26)10-21(29-20,7-9-25)16-15(20)18(27)24(19(16)28)13-6-5-12(22-2)17-11(13)4-3-8-23-17/h3-6,8,14-16,25-26H,7,9-10H2,1H3/t14-,15-,16+,20?,21?/m1/s1. The van der Waals surface area contributed by atoms with E-state index in [9.17, 15) is 19.8 Å². The summed E-state index contributed by atoms with van der Waals surface area (Å²) in [6.07, 6.45) is 1.05. The highest BCUT2D eigenvalue weighted by molar-refractivity contribution is 6.26. The molecular weight excluding hydrogens is 374 g/mol. The molecule has 4 heterocycles. The lowest BCUT2D eigenvalue weighted by atomic mass is 9.66. The maximum Gasteiger partial charge on any atom is 0.240 e. The molecule has 29 heavy (non-hydrogen) atoms. The maximum absolute atomic E-state index is 13.5. The number of nitrogens with zero attached hydrogens (tertiary/aromatic N) is 3. The summed E-state index contributed by atoms with van der Waals surface area (Å²) in [6, 6.07) is 6.56. The molecule has 3 aliphatic heterocycles. The van der Waals surface area contributed by atoms with Gasteiger partial charge in [0.15, 0.2) is 0 Å².